The molecule has 4 rings (SSSR count). The van der Waals surface area contributed by atoms with Crippen molar-refractivity contribution in [1.29, 1.82) is 5.26 Å². The van der Waals surface area contributed by atoms with Crippen LogP contribution in [-0.4, -0.2) is 15.7 Å². The molecule has 0 aliphatic carbocycles. The molecule has 0 saturated carbocycles. The summed E-state index contributed by atoms with van der Waals surface area (Å²) >= 11 is 1.07. The van der Waals surface area contributed by atoms with Gasteiger partial charge in [0.05, 0.1) is 11.4 Å². The van der Waals surface area contributed by atoms with Crippen LogP contribution in [0.4, 0.5) is 22.2 Å². The van der Waals surface area contributed by atoms with Crippen molar-refractivity contribution in [2.45, 2.75) is 0 Å². The molecule has 2 aromatic heterocycles. The summed E-state index contributed by atoms with van der Waals surface area (Å²) in [6.07, 6.45) is 0. The zero-order valence-electron chi connectivity index (χ0n) is 15.5. The number of hydrogen-bond acceptors (Lipinski definition) is 6. The van der Waals surface area contributed by atoms with E-state index in [0.29, 0.717) is 10.7 Å². The van der Waals surface area contributed by atoms with E-state index in [4.69, 9.17) is 5.73 Å². The molecular weight excluding hydrogens is 400 g/mol. The number of hydrogen-bond donors (Lipinski definition) is 4. The summed E-state index contributed by atoms with van der Waals surface area (Å²) in [5, 5.41) is 18.6. The number of H-pyrrole nitrogens is 1. The number of para-hydroxylation sites is 2. The second-order valence-corrected chi connectivity index (χ2v) is 7.31. The third-order valence-corrected chi connectivity index (χ3v) is 5.40. The molecule has 1 amide bonds. The summed E-state index contributed by atoms with van der Waals surface area (Å²) < 4.78 is 1.32. The number of nitrogens with one attached hydrogen (secondary N) is 3. The smallest absolute Gasteiger partial charge is 0.273 e. The molecule has 0 fully saturated rings. The number of aromatic nitrogens is 2. The van der Waals surface area contributed by atoms with E-state index >= 15 is 0 Å². The molecule has 148 valence electrons. The highest BCUT2D eigenvalue weighted by Gasteiger charge is 2.22. The fourth-order valence-electron chi connectivity index (χ4n) is 2.87. The van der Waals surface area contributed by atoms with Crippen molar-refractivity contribution < 1.29 is 4.79 Å². The topological polar surface area (TPSA) is 129 Å². The fourth-order valence-corrected chi connectivity index (χ4v) is 3.86. The Kier molecular flexibility index (Phi) is 5.07. The number of anilines is 4. The van der Waals surface area contributed by atoms with E-state index in [1.54, 1.807) is 24.3 Å². The molecule has 4 aromatic rings. The first-order valence-electron chi connectivity index (χ1n) is 8.90. The highest BCUT2D eigenvalue weighted by Crippen LogP contribution is 2.37. The number of nitrogens with zero attached hydrogens (tertiary/aromatic N) is 2. The van der Waals surface area contributed by atoms with E-state index in [1.807, 2.05) is 42.5 Å². The Morgan fingerprint density at radius 1 is 1.10 bits per heavy atom. The first-order chi connectivity index (χ1) is 14.6. The Morgan fingerprint density at radius 2 is 1.77 bits per heavy atom. The molecule has 5 N–H and O–H groups in total. The van der Waals surface area contributed by atoms with Crippen molar-refractivity contribution in [3.63, 3.8) is 0 Å². The third-order valence-electron chi connectivity index (χ3n) is 4.28. The zero-order valence-corrected chi connectivity index (χ0v) is 16.4. The van der Waals surface area contributed by atoms with Gasteiger partial charge in [-0.25, -0.2) is 4.68 Å². The molecule has 8 nitrogen and oxygen atoms in total. The van der Waals surface area contributed by atoms with E-state index in [2.05, 4.69) is 15.7 Å². The van der Waals surface area contributed by atoms with Gasteiger partial charge in [0.2, 0.25) is 0 Å². The number of rotatable bonds is 5. The molecule has 0 aliphatic rings. The predicted molar refractivity (Wildman–Crippen MR) is 118 cm³/mol. The Balaban J connectivity index is 1.60. The number of nitriles is 1. The lowest BCUT2D eigenvalue weighted by molar-refractivity contribution is 0.103. The van der Waals surface area contributed by atoms with E-state index in [9.17, 15) is 14.9 Å². The Hall–Kier alpha value is -4.29. The van der Waals surface area contributed by atoms with Gasteiger partial charge >= 0.3 is 0 Å². The van der Waals surface area contributed by atoms with Crippen LogP contribution in [0.3, 0.4) is 0 Å². The van der Waals surface area contributed by atoms with Gasteiger partial charge in [-0.3, -0.25) is 14.7 Å². The number of aromatic amines is 1. The second-order valence-electron chi connectivity index (χ2n) is 6.28. The number of carbonyl (C=O) groups is 1. The van der Waals surface area contributed by atoms with Crippen LogP contribution < -0.4 is 21.9 Å². The maximum absolute atomic E-state index is 12.8. The van der Waals surface area contributed by atoms with E-state index in [1.165, 1.54) is 10.7 Å². The van der Waals surface area contributed by atoms with Crippen molar-refractivity contribution in [2.75, 3.05) is 16.4 Å². The van der Waals surface area contributed by atoms with Gasteiger partial charge < -0.3 is 16.4 Å². The fraction of sp³-hybridized carbons (Fsp3) is 0. The molecule has 30 heavy (non-hydrogen) atoms. The van der Waals surface area contributed by atoms with E-state index in [0.717, 1.165) is 17.0 Å². The summed E-state index contributed by atoms with van der Waals surface area (Å²) in [7, 11) is 0. The lowest BCUT2D eigenvalue weighted by Crippen LogP contribution is -2.13. The summed E-state index contributed by atoms with van der Waals surface area (Å²) in [4.78, 5) is 25.2. The van der Waals surface area contributed by atoms with Crippen molar-refractivity contribution >= 4 is 39.4 Å². The summed E-state index contributed by atoms with van der Waals surface area (Å²) in [5.74, 6) is -0.297. The Labute approximate surface area is 175 Å². The van der Waals surface area contributed by atoms with Crippen molar-refractivity contribution in [2.24, 2.45) is 0 Å². The van der Waals surface area contributed by atoms with Gasteiger partial charge in [-0.15, -0.1) is 11.3 Å². The number of nitrogens with two attached hydrogens (primary N) is 1. The van der Waals surface area contributed by atoms with Crippen LogP contribution in [-0.2, 0) is 0 Å². The van der Waals surface area contributed by atoms with Crippen LogP contribution in [0.1, 0.15) is 15.2 Å². The molecule has 0 spiro atoms. The predicted octanol–water partition coefficient (Wildman–Crippen LogP) is 3.68. The van der Waals surface area contributed by atoms with Gasteiger partial charge in [0.25, 0.3) is 11.5 Å². The van der Waals surface area contributed by atoms with Gasteiger partial charge in [0, 0.05) is 11.8 Å². The van der Waals surface area contributed by atoms with Crippen LogP contribution in [0, 0.1) is 11.3 Å². The summed E-state index contributed by atoms with van der Waals surface area (Å²) in [6, 6.07) is 21.6. The van der Waals surface area contributed by atoms with Gasteiger partial charge in [-0.2, -0.15) is 5.26 Å². The van der Waals surface area contributed by atoms with Gasteiger partial charge in [-0.05, 0) is 24.3 Å². The summed E-state index contributed by atoms with van der Waals surface area (Å²) in [5.41, 5.74) is 7.43. The van der Waals surface area contributed by atoms with Crippen LogP contribution in [0.5, 0.6) is 0 Å². The van der Waals surface area contributed by atoms with Crippen LogP contribution in [0.25, 0.3) is 5.69 Å². The molecule has 0 saturated heterocycles. The standard InChI is InChI=1S/C21H16N6O2S/c22-12-15-18(23)19(30-21(15)24-13-7-3-1-4-8-13)20(29)25-16-11-17(28)27(26-16)14-9-5-2-6-10-14/h1-11,24,26H,23H2,(H,25,29). The molecule has 2 heterocycles. The number of benzene rings is 2. The molecule has 2 aromatic carbocycles. The van der Waals surface area contributed by atoms with Crippen LogP contribution >= 0.6 is 11.3 Å². The number of amides is 1. The maximum atomic E-state index is 12.8. The average molecular weight is 416 g/mol. The highest BCUT2D eigenvalue weighted by atomic mass is 32.1. The Bertz CT molecular complexity index is 1300. The average Bonchev–Trinajstić information content (AvgIpc) is 3.28. The normalized spacial score (nSPS) is 10.4. The van der Waals surface area contributed by atoms with Gasteiger partial charge in [0.15, 0.2) is 0 Å². The first-order valence-corrected chi connectivity index (χ1v) is 9.71. The molecule has 0 bridgehead atoms. The largest absolute Gasteiger partial charge is 0.396 e. The minimum absolute atomic E-state index is 0.0864. The minimum atomic E-state index is -0.517. The quantitative estimate of drug-likeness (QED) is 0.394. The SMILES string of the molecule is N#Cc1c(Nc2ccccc2)sc(C(=O)Nc2cc(=O)n(-c3ccccc3)[nH]2)c1N. The maximum Gasteiger partial charge on any atom is 0.273 e. The zero-order chi connectivity index (χ0) is 21.1. The number of nitrogen functional groups attached to an aromatic ring is 1. The lowest BCUT2D eigenvalue weighted by Gasteiger charge is -2.03. The van der Waals surface area contributed by atoms with Gasteiger partial charge in [0.1, 0.15) is 27.3 Å². The van der Waals surface area contributed by atoms with Gasteiger partial charge in [-0.1, -0.05) is 36.4 Å². The Morgan fingerprint density at radius 3 is 2.43 bits per heavy atom. The number of thiophene rings is 1. The highest BCUT2D eigenvalue weighted by molar-refractivity contribution is 7.19. The van der Waals surface area contributed by atoms with Crippen molar-refractivity contribution in [3.8, 4) is 11.8 Å². The molecular formula is C21H16N6O2S. The minimum Gasteiger partial charge on any atom is -0.396 e. The van der Waals surface area contributed by atoms with Crippen LogP contribution in [0.2, 0.25) is 0 Å². The third kappa shape index (κ3) is 3.67. The molecule has 0 atom stereocenters. The van der Waals surface area contributed by atoms with Crippen molar-refractivity contribution in [1.82, 2.24) is 9.78 Å². The van der Waals surface area contributed by atoms with E-state index in [-0.39, 0.29) is 27.5 Å². The molecule has 0 unspecified atom stereocenters. The monoisotopic (exact) mass is 416 g/mol. The van der Waals surface area contributed by atoms with Crippen molar-refractivity contribution in [3.05, 3.63) is 87.5 Å². The molecule has 0 radical (unpaired) electrons. The number of carbonyl (C=O) groups excluding carboxylic acids is 1. The summed E-state index contributed by atoms with van der Waals surface area (Å²) in [6.45, 7) is 0. The first kappa shape index (κ1) is 19.0. The molecule has 9 heteroatoms. The van der Waals surface area contributed by atoms with Crippen LogP contribution in [0.15, 0.2) is 71.5 Å². The second kappa shape index (κ2) is 7.98. The lowest BCUT2D eigenvalue weighted by atomic mass is 10.2. The van der Waals surface area contributed by atoms with E-state index < -0.39 is 5.91 Å². The molecule has 0 aliphatic heterocycles.